The predicted molar refractivity (Wildman–Crippen MR) is 117 cm³/mol. The number of carbonyl (C=O) groups excluding carboxylic acids is 3. The topological polar surface area (TPSA) is 87.7 Å². The molecule has 164 valence electrons. The Morgan fingerprint density at radius 3 is 2.32 bits per heavy atom. The standard InChI is InChI=1S/C24H29N3O4/c1-16(2)14-20(17-8-6-5-7-9-17)25-21(28)15-27-22(29)24(3,26-23(27)30)18-10-12-19(31-4)13-11-18/h5-13,16,20H,14-15H2,1-4H3,(H,25,28)(H,26,30)/t20-,24+/m1/s1. The molecule has 7 heteroatoms. The Morgan fingerprint density at radius 2 is 1.74 bits per heavy atom. The van der Waals surface area contributed by atoms with Crippen LogP contribution >= 0.6 is 0 Å². The van der Waals surface area contributed by atoms with Crippen LogP contribution in [0.25, 0.3) is 0 Å². The quantitative estimate of drug-likeness (QED) is 0.638. The Bertz CT molecular complexity index is 943. The third-order valence-electron chi connectivity index (χ3n) is 5.49. The molecule has 0 saturated carbocycles. The number of carbonyl (C=O) groups is 3. The zero-order valence-corrected chi connectivity index (χ0v) is 18.3. The summed E-state index contributed by atoms with van der Waals surface area (Å²) in [5, 5.41) is 5.71. The summed E-state index contributed by atoms with van der Waals surface area (Å²) in [7, 11) is 1.56. The normalized spacial score (nSPS) is 19.3. The van der Waals surface area contributed by atoms with E-state index in [-0.39, 0.29) is 18.5 Å². The molecule has 0 spiro atoms. The Balaban J connectivity index is 1.73. The maximum Gasteiger partial charge on any atom is 0.325 e. The number of nitrogens with zero attached hydrogens (tertiary/aromatic N) is 1. The van der Waals surface area contributed by atoms with E-state index < -0.39 is 17.5 Å². The van der Waals surface area contributed by atoms with Crippen molar-refractivity contribution in [3.63, 3.8) is 0 Å². The van der Waals surface area contributed by atoms with E-state index in [4.69, 9.17) is 4.74 Å². The minimum absolute atomic E-state index is 0.192. The van der Waals surface area contributed by atoms with E-state index in [1.54, 1.807) is 38.3 Å². The van der Waals surface area contributed by atoms with Gasteiger partial charge in [-0.15, -0.1) is 0 Å². The molecule has 1 fully saturated rings. The number of hydrogen-bond donors (Lipinski definition) is 2. The Morgan fingerprint density at radius 1 is 1.10 bits per heavy atom. The van der Waals surface area contributed by atoms with Crippen LogP contribution in [0.3, 0.4) is 0 Å². The van der Waals surface area contributed by atoms with Crippen LogP contribution in [0, 0.1) is 5.92 Å². The number of nitrogens with one attached hydrogen (secondary N) is 2. The first-order valence-electron chi connectivity index (χ1n) is 10.4. The molecule has 2 N–H and O–H groups in total. The number of ether oxygens (including phenoxy) is 1. The highest BCUT2D eigenvalue weighted by Gasteiger charge is 2.49. The monoisotopic (exact) mass is 423 g/mol. The third-order valence-corrected chi connectivity index (χ3v) is 5.49. The van der Waals surface area contributed by atoms with Crippen LogP contribution < -0.4 is 15.4 Å². The summed E-state index contributed by atoms with van der Waals surface area (Å²) >= 11 is 0. The van der Waals surface area contributed by atoms with Crippen molar-refractivity contribution in [1.82, 2.24) is 15.5 Å². The van der Waals surface area contributed by atoms with Gasteiger partial charge in [-0.25, -0.2) is 4.79 Å². The van der Waals surface area contributed by atoms with Gasteiger partial charge >= 0.3 is 6.03 Å². The Hall–Kier alpha value is -3.35. The molecule has 1 aliphatic rings. The van der Waals surface area contributed by atoms with Gasteiger partial charge in [0.15, 0.2) is 0 Å². The molecule has 1 saturated heterocycles. The number of imide groups is 1. The summed E-state index contributed by atoms with van der Waals surface area (Å²) in [6.07, 6.45) is 0.749. The zero-order chi connectivity index (χ0) is 22.6. The fourth-order valence-electron chi connectivity index (χ4n) is 3.78. The molecule has 0 aromatic heterocycles. The van der Waals surface area contributed by atoms with E-state index >= 15 is 0 Å². The molecule has 31 heavy (non-hydrogen) atoms. The smallest absolute Gasteiger partial charge is 0.325 e. The van der Waals surface area contributed by atoms with Crippen molar-refractivity contribution in [2.24, 2.45) is 5.92 Å². The second kappa shape index (κ2) is 9.20. The molecule has 1 aliphatic heterocycles. The summed E-state index contributed by atoms with van der Waals surface area (Å²) < 4.78 is 5.15. The lowest BCUT2D eigenvalue weighted by atomic mass is 9.92. The number of methoxy groups -OCH3 is 1. The summed E-state index contributed by atoms with van der Waals surface area (Å²) in [5.41, 5.74) is 0.377. The molecule has 0 aliphatic carbocycles. The van der Waals surface area contributed by atoms with Gasteiger partial charge in [-0.1, -0.05) is 56.3 Å². The van der Waals surface area contributed by atoms with Crippen LogP contribution in [-0.4, -0.2) is 36.4 Å². The lowest BCUT2D eigenvalue weighted by Gasteiger charge is -2.24. The highest BCUT2D eigenvalue weighted by Crippen LogP contribution is 2.30. The van der Waals surface area contributed by atoms with E-state index in [0.717, 1.165) is 16.9 Å². The molecule has 2 aromatic rings. The maximum atomic E-state index is 13.1. The minimum Gasteiger partial charge on any atom is -0.497 e. The van der Waals surface area contributed by atoms with Crippen LogP contribution in [0.5, 0.6) is 5.75 Å². The van der Waals surface area contributed by atoms with Gasteiger partial charge in [0.1, 0.15) is 17.8 Å². The molecule has 0 bridgehead atoms. The number of hydrogen-bond acceptors (Lipinski definition) is 4. The van der Waals surface area contributed by atoms with Crippen molar-refractivity contribution in [3.8, 4) is 5.75 Å². The highest BCUT2D eigenvalue weighted by molar-refractivity contribution is 6.09. The van der Waals surface area contributed by atoms with Gasteiger partial charge in [-0.05, 0) is 42.5 Å². The van der Waals surface area contributed by atoms with E-state index in [0.29, 0.717) is 17.2 Å². The molecule has 1 heterocycles. The molecule has 4 amide bonds. The van der Waals surface area contributed by atoms with Crippen LogP contribution in [0.2, 0.25) is 0 Å². The fraction of sp³-hybridized carbons (Fsp3) is 0.375. The molecule has 3 rings (SSSR count). The lowest BCUT2D eigenvalue weighted by molar-refractivity contribution is -0.135. The second-order valence-electron chi connectivity index (χ2n) is 8.34. The molecule has 2 aromatic carbocycles. The zero-order valence-electron chi connectivity index (χ0n) is 18.3. The van der Waals surface area contributed by atoms with Crippen LogP contribution in [0.15, 0.2) is 54.6 Å². The first-order chi connectivity index (χ1) is 14.7. The summed E-state index contributed by atoms with van der Waals surface area (Å²) in [4.78, 5) is 39.4. The maximum absolute atomic E-state index is 13.1. The van der Waals surface area contributed by atoms with E-state index in [1.807, 2.05) is 30.3 Å². The van der Waals surface area contributed by atoms with Gasteiger partial charge in [-0.3, -0.25) is 14.5 Å². The summed E-state index contributed by atoms with van der Waals surface area (Å²) in [5.74, 6) is 0.174. The molecular weight excluding hydrogens is 394 g/mol. The van der Waals surface area contributed by atoms with Gasteiger partial charge in [0.25, 0.3) is 5.91 Å². The third kappa shape index (κ3) is 4.87. The summed E-state index contributed by atoms with van der Waals surface area (Å²) in [6.45, 7) is 5.47. The van der Waals surface area contributed by atoms with E-state index in [9.17, 15) is 14.4 Å². The van der Waals surface area contributed by atoms with E-state index in [2.05, 4.69) is 24.5 Å². The van der Waals surface area contributed by atoms with Crippen molar-refractivity contribution in [3.05, 3.63) is 65.7 Å². The molecule has 2 atom stereocenters. The molecule has 0 radical (unpaired) electrons. The van der Waals surface area contributed by atoms with Crippen molar-refractivity contribution in [2.75, 3.05) is 13.7 Å². The highest BCUT2D eigenvalue weighted by atomic mass is 16.5. The van der Waals surface area contributed by atoms with Crippen molar-refractivity contribution >= 4 is 17.8 Å². The SMILES string of the molecule is COc1ccc([C@]2(C)NC(=O)N(CC(=O)N[C@H](CC(C)C)c3ccccc3)C2=O)cc1. The van der Waals surface area contributed by atoms with Crippen molar-refractivity contribution in [2.45, 2.75) is 38.8 Å². The summed E-state index contributed by atoms with van der Waals surface area (Å²) in [6, 6.07) is 15.8. The number of amides is 4. The lowest BCUT2D eigenvalue weighted by Crippen LogP contribution is -2.44. The van der Waals surface area contributed by atoms with Gasteiger partial charge in [-0.2, -0.15) is 0 Å². The number of rotatable bonds is 8. The van der Waals surface area contributed by atoms with Gasteiger partial charge < -0.3 is 15.4 Å². The average Bonchev–Trinajstić information content (AvgIpc) is 2.97. The largest absolute Gasteiger partial charge is 0.497 e. The predicted octanol–water partition coefficient (Wildman–Crippen LogP) is 3.37. The minimum atomic E-state index is -1.24. The van der Waals surface area contributed by atoms with Crippen LogP contribution in [-0.2, 0) is 15.1 Å². The van der Waals surface area contributed by atoms with Crippen LogP contribution in [0.4, 0.5) is 4.79 Å². The van der Waals surface area contributed by atoms with Gasteiger partial charge in [0, 0.05) is 0 Å². The number of urea groups is 1. The van der Waals surface area contributed by atoms with Crippen LogP contribution in [0.1, 0.15) is 44.4 Å². The van der Waals surface area contributed by atoms with Gasteiger partial charge in [0.05, 0.1) is 13.2 Å². The van der Waals surface area contributed by atoms with Gasteiger partial charge in [0.2, 0.25) is 5.91 Å². The molecular formula is C24H29N3O4. The molecule has 7 nitrogen and oxygen atoms in total. The fourth-order valence-corrected chi connectivity index (χ4v) is 3.78. The first kappa shape index (κ1) is 22.3. The van der Waals surface area contributed by atoms with Crippen molar-refractivity contribution in [1.29, 1.82) is 0 Å². The first-order valence-corrected chi connectivity index (χ1v) is 10.4. The second-order valence-corrected chi connectivity index (χ2v) is 8.34. The Kier molecular flexibility index (Phi) is 6.63. The van der Waals surface area contributed by atoms with E-state index in [1.165, 1.54) is 0 Å². The van der Waals surface area contributed by atoms with Crippen molar-refractivity contribution < 1.29 is 19.1 Å². The number of benzene rings is 2. The average molecular weight is 424 g/mol. The molecule has 0 unspecified atom stereocenters. The Labute approximate surface area is 182 Å².